The standard InChI is InChI=1S/C6H15O15P3.3Na/c7-1-4(19-22(10,11)12)2(8)6(21-24(16,17)18)3(9)5(1)20-23(13,14)15;;;/h1-9H,(H2,10,11,12)(H2,13,14,15)(H2,16,17,18);;;/q;3*+1/p-3. The Kier molecular flexibility index (Phi) is 16.8. The number of hydrogen-bond donors (Lipinski definition) is 6. The van der Waals surface area contributed by atoms with Crippen molar-refractivity contribution in [2.75, 3.05) is 0 Å². The minimum absolute atomic E-state index is 0. The summed E-state index contributed by atoms with van der Waals surface area (Å²) in [6.07, 6.45) is -15.0. The summed E-state index contributed by atoms with van der Waals surface area (Å²) in [7, 11) is -17.0. The van der Waals surface area contributed by atoms with E-state index in [4.69, 9.17) is 14.7 Å². The number of hydrogen-bond acceptors (Lipinski definition) is 12. The van der Waals surface area contributed by atoms with Gasteiger partial charge in [-0.25, -0.2) is 0 Å². The first-order valence-corrected chi connectivity index (χ1v) is 10.2. The molecule has 144 valence electrons. The first-order chi connectivity index (χ1) is 10.5. The van der Waals surface area contributed by atoms with Crippen LogP contribution in [-0.4, -0.2) is 66.6 Å². The van der Waals surface area contributed by atoms with Crippen molar-refractivity contribution in [1.82, 2.24) is 0 Å². The van der Waals surface area contributed by atoms with Crippen molar-refractivity contribution >= 4 is 23.5 Å². The topological polar surface area (TPSA) is 269 Å². The summed E-state index contributed by atoms with van der Waals surface area (Å²) >= 11 is 0. The molecule has 0 aliphatic heterocycles. The fourth-order valence-corrected chi connectivity index (χ4v) is 3.67. The number of aliphatic hydroxyl groups excluding tert-OH is 3. The van der Waals surface area contributed by atoms with E-state index in [9.17, 15) is 43.7 Å². The fourth-order valence-electron chi connectivity index (χ4n) is 2.00. The van der Waals surface area contributed by atoms with Gasteiger partial charge in [-0.15, -0.1) is 0 Å². The molecule has 0 heterocycles. The Hall–Kier alpha value is 3.21. The van der Waals surface area contributed by atoms with Crippen LogP contribution in [0.1, 0.15) is 0 Å². The van der Waals surface area contributed by atoms with Crippen LogP contribution in [-0.2, 0) is 27.3 Å². The maximum atomic E-state index is 10.7. The zero-order valence-electron chi connectivity index (χ0n) is 14.2. The third kappa shape index (κ3) is 12.1. The van der Waals surface area contributed by atoms with Crippen LogP contribution in [0.2, 0.25) is 0 Å². The molecule has 3 atom stereocenters. The van der Waals surface area contributed by atoms with E-state index < -0.39 is 60.1 Å². The van der Waals surface area contributed by atoms with Crippen LogP contribution in [0.3, 0.4) is 0 Å². The van der Waals surface area contributed by atoms with Crippen molar-refractivity contribution in [2.24, 2.45) is 0 Å². The molecular weight excluding hydrogens is 474 g/mol. The van der Waals surface area contributed by atoms with Gasteiger partial charge in [0.1, 0.15) is 36.6 Å². The van der Waals surface area contributed by atoms with Crippen molar-refractivity contribution < 1.29 is 161 Å². The maximum Gasteiger partial charge on any atom is 1.00 e. The minimum Gasteiger partial charge on any atom is -0.756 e. The van der Waals surface area contributed by atoms with Gasteiger partial charge in [0.05, 0.1) is 0 Å². The van der Waals surface area contributed by atoms with Crippen LogP contribution in [0.25, 0.3) is 0 Å². The Morgan fingerprint density at radius 3 is 0.815 bits per heavy atom. The van der Waals surface area contributed by atoms with E-state index in [0.29, 0.717) is 0 Å². The van der Waals surface area contributed by atoms with Crippen molar-refractivity contribution in [3.05, 3.63) is 0 Å². The molecule has 6 N–H and O–H groups in total. The van der Waals surface area contributed by atoms with Crippen LogP contribution in [0.15, 0.2) is 0 Å². The van der Waals surface area contributed by atoms with Crippen LogP contribution >= 0.6 is 23.5 Å². The van der Waals surface area contributed by atoms with Crippen LogP contribution < -0.4 is 103 Å². The molecule has 1 rings (SSSR count). The predicted octanol–water partition coefficient (Wildman–Crippen LogP) is -14.4. The summed E-state index contributed by atoms with van der Waals surface area (Å²) in [6, 6.07) is 0. The average Bonchev–Trinajstić information content (AvgIpc) is 2.32. The van der Waals surface area contributed by atoms with Gasteiger partial charge >= 0.3 is 88.7 Å². The third-order valence-corrected chi connectivity index (χ3v) is 4.31. The van der Waals surface area contributed by atoms with Gasteiger partial charge in [-0.2, -0.15) is 0 Å². The van der Waals surface area contributed by atoms with E-state index in [0.717, 1.165) is 0 Å². The molecule has 27 heavy (non-hydrogen) atoms. The van der Waals surface area contributed by atoms with E-state index in [1.54, 1.807) is 0 Å². The second-order valence-electron chi connectivity index (χ2n) is 4.59. The molecule has 1 fully saturated rings. The monoisotopic (exact) mass is 486 g/mol. The van der Waals surface area contributed by atoms with Crippen molar-refractivity contribution in [3.8, 4) is 0 Å². The summed E-state index contributed by atoms with van der Waals surface area (Å²) in [4.78, 5) is 57.9. The Balaban J connectivity index is -0.00000192. The minimum atomic E-state index is -5.67. The molecule has 0 aromatic heterocycles. The van der Waals surface area contributed by atoms with Crippen LogP contribution in [0, 0.1) is 0 Å². The number of rotatable bonds is 6. The molecule has 15 nitrogen and oxygen atoms in total. The molecule has 0 spiro atoms. The normalized spacial score (nSPS) is 37.2. The van der Waals surface area contributed by atoms with Gasteiger partial charge in [-0.1, -0.05) is 0 Å². The molecule has 0 saturated heterocycles. The summed E-state index contributed by atoms with van der Waals surface area (Å²) in [6.45, 7) is 0. The van der Waals surface area contributed by atoms with Crippen molar-refractivity contribution in [3.63, 3.8) is 0 Å². The van der Waals surface area contributed by atoms with Crippen molar-refractivity contribution in [2.45, 2.75) is 36.6 Å². The zero-order chi connectivity index (χ0) is 19.1. The molecule has 1 saturated carbocycles. The first kappa shape index (κ1) is 34.8. The Bertz CT molecular complexity index is 495. The summed E-state index contributed by atoms with van der Waals surface area (Å²) in [5.74, 6) is 0. The molecule has 0 bridgehead atoms. The molecule has 0 radical (unpaired) electrons. The smallest absolute Gasteiger partial charge is 0.756 e. The Morgan fingerprint density at radius 1 is 0.556 bits per heavy atom. The molecule has 0 aromatic rings. The van der Waals surface area contributed by atoms with Crippen LogP contribution in [0.4, 0.5) is 0 Å². The van der Waals surface area contributed by atoms with E-state index in [1.165, 1.54) is 0 Å². The van der Waals surface area contributed by atoms with E-state index >= 15 is 0 Å². The van der Waals surface area contributed by atoms with E-state index in [1.807, 2.05) is 0 Å². The van der Waals surface area contributed by atoms with Gasteiger partial charge in [-0.05, 0) is 0 Å². The molecule has 0 amide bonds. The first-order valence-electron chi connectivity index (χ1n) is 5.72. The Labute approximate surface area is 218 Å². The molecule has 21 heteroatoms. The molecule has 1 aliphatic carbocycles. The maximum absolute atomic E-state index is 10.7. The molecule has 1 aliphatic rings. The van der Waals surface area contributed by atoms with E-state index in [2.05, 4.69) is 13.6 Å². The average molecular weight is 486 g/mol. The second-order valence-corrected chi connectivity index (χ2v) is 8.03. The Morgan fingerprint density at radius 2 is 0.704 bits per heavy atom. The summed E-state index contributed by atoms with van der Waals surface area (Å²) in [5, 5.41) is 29.2. The third-order valence-electron chi connectivity index (χ3n) is 2.78. The van der Waals surface area contributed by atoms with Crippen molar-refractivity contribution in [1.29, 1.82) is 0 Å². The van der Waals surface area contributed by atoms with E-state index in [-0.39, 0.29) is 88.7 Å². The molecular formula is C6H12Na3O15P3. The van der Waals surface area contributed by atoms with Gasteiger partial charge in [-0.3, -0.25) is 13.7 Å². The zero-order valence-corrected chi connectivity index (χ0v) is 22.8. The quantitative estimate of drug-likeness (QED) is 0.150. The van der Waals surface area contributed by atoms with Gasteiger partial charge in [0.2, 0.25) is 0 Å². The van der Waals surface area contributed by atoms with Gasteiger partial charge in [0.15, 0.2) is 0 Å². The van der Waals surface area contributed by atoms with Gasteiger partial charge < -0.3 is 58.3 Å². The van der Waals surface area contributed by atoms with Gasteiger partial charge in [0.25, 0.3) is 23.5 Å². The fraction of sp³-hybridized carbons (Fsp3) is 1.00. The summed E-state index contributed by atoms with van der Waals surface area (Å²) < 4.78 is 43.8. The second kappa shape index (κ2) is 13.0. The number of phosphoric ester groups is 3. The van der Waals surface area contributed by atoms with Crippen LogP contribution in [0.5, 0.6) is 0 Å². The van der Waals surface area contributed by atoms with Gasteiger partial charge in [0, 0.05) is 0 Å². The molecule has 3 unspecified atom stereocenters. The summed E-state index contributed by atoms with van der Waals surface area (Å²) in [5.41, 5.74) is 0. The predicted molar refractivity (Wildman–Crippen MR) is 62.1 cm³/mol. The SMILES string of the molecule is O=P([O-])(O)OC1C(O)C(OP(=O)([O-])O)C(O)C(OP(=O)([O-])O)C1O.[Na+].[Na+].[Na+]. The molecule has 0 aromatic carbocycles. The largest absolute Gasteiger partial charge is 1.00 e. The number of phosphoric acid groups is 3. The number of aliphatic hydroxyl groups is 3.